The summed E-state index contributed by atoms with van der Waals surface area (Å²) in [5, 5.41) is 2.65. The molecule has 2 aromatic carbocycles. The van der Waals surface area contributed by atoms with Crippen LogP contribution in [-0.2, 0) is 25.8 Å². The van der Waals surface area contributed by atoms with Crippen LogP contribution in [0.3, 0.4) is 0 Å². The molecule has 10 heteroatoms. The second-order valence-electron chi connectivity index (χ2n) is 6.95. The molecule has 3 rings (SSSR count). The number of benzene rings is 2. The molecule has 31 heavy (non-hydrogen) atoms. The first-order valence-corrected chi connectivity index (χ1v) is 11.1. The van der Waals surface area contributed by atoms with E-state index in [0.29, 0.717) is 34.2 Å². The summed E-state index contributed by atoms with van der Waals surface area (Å²) >= 11 is 0. The lowest BCUT2D eigenvalue weighted by atomic mass is 10.2. The number of carbonyl (C=O) groups excluding carboxylic acids is 2. The summed E-state index contributed by atoms with van der Waals surface area (Å²) in [6.45, 7) is 0. The third-order valence-electron chi connectivity index (χ3n) is 5.03. The Bertz CT molecular complexity index is 1100. The largest absolute Gasteiger partial charge is 0.493 e. The molecule has 0 atom stereocenters. The Morgan fingerprint density at radius 1 is 1.06 bits per heavy atom. The summed E-state index contributed by atoms with van der Waals surface area (Å²) in [6, 6.07) is 7.69. The van der Waals surface area contributed by atoms with Crippen molar-refractivity contribution in [3.63, 3.8) is 0 Å². The van der Waals surface area contributed by atoms with E-state index >= 15 is 0 Å². The van der Waals surface area contributed by atoms with Crippen molar-refractivity contribution in [2.75, 3.05) is 44.3 Å². The Kier molecular flexibility index (Phi) is 6.40. The number of rotatable bonds is 8. The Morgan fingerprint density at radius 2 is 1.71 bits per heavy atom. The molecular weight excluding hydrogens is 424 g/mol. The number of ether oxygens (including phenoxy) is 3. The van der Waals surface area contributed by atoms with Gasteiger partial charge in [0.1, 0.15) is 0 Å². The molecule has 1 aliphatic heterocycles. The Balaban J connectivity index is 1.70. The zero-order valence-electron chi connectivity index (χ0n) is 17.7. The molecule has 0 unspecified atom stereocenters. The first kappa shape index (κ1) is 22.4. The number of amides is 2. The third kappa shape index (κ3) is 4.58. The van der Waals surface area contributed by atoms with Crippen LogP contribution in [0.2, 0.25) is 0 Å². The van der Waals surface area contributed by atoms with Gasteiger partial charge in [0, 0.05) is 37.0 Å². The minimum Gasteiger partial charge on any atom is -0.493 e. The van der Waals surface area contributed by atoms with Crippen LogP contribution in [0.5, 0.6) is 17.2 Å². The van der Waals surface area contributed by atoms with Gasteiger partial charge < -0.3 is 24.4 Å². The molecule has 1 heterocycles. The summed E-state index contributed by atoms with van der Waals surface area (Å²) in [4.78, 5) is 25.8. The fourth-order valence-corrected chi connectivity index (χ4v) is 4.65. The second-order valence-corrected chi connectivity index (χ2v) is 9.06. The highest BCUT2D eigenvalue weighted by Crippen LogP contribution is 2.40. The quantitative estimate of drug-likeness (QED) is 0.658. The molecule has 0 radical (unpaired) electrons. The summed E-state index contributed by atoms with van der Waals surface area (Å²) in [7, 11) is 2.33. The lowest BCUT2D eigenvalue weighted by Gasteiger charge is -2.14. The molecule has 1 aliphatic rings. The molecule has 0 saturated heterocycles. The van der Waals surface area contributed by atoms with E-state index in [2.05, 4.69) is 5.32 Å². The number of sulfone groups is 1. The van der Waals surface area contributed by atoms with E-state index in [1.807, 2.05) is 0 Å². The van der Waals surface area contributed by atoms with Gasteiger partial charge in [0.2, 0.25) is 17.6 Å². The van der Waals surface area contributed by atoms with Crippen LogP contribution in [0.1, 0.15) is 12.0 Å². The van der Waals surface area contributed by atoms with Gasteiger partial charge in [-0.3, -0.25) is 9.59 Å². The molecule has 0 aliphatic carbocycles. The zero-order chi connectivity index (χ0) is 22.8. The predicted octanol–water partition coefficient (Wildman–Crippen LogP) is 2.03. The van der Waals surface area contributed by atoms with E-state index < -0.39 is 15.7 Å². The van der Waals surface area contributed by atoms with Gasteiger partial charge in [0.25, 0.3) is 0 Å². The Labute approximate surface area is 180 Å². The van der Waals surface area contributed by atoms with Crippen molar-refractivity contribution < 1.29 is 32.2 Å². The number of hydrogen-bond donors (Lipinski definition) is 1. The molecule has 0 fully saturated rings. The fourth-order valence-electron chi connectivity index (χ4n) is 3.36. The zero-order valence-corrected chi connectivity index (χ0v) is 18.5. The first-order valence-electron chi connectivity index (χ1n) is 9.42. The second kappa shape index (κ2) is 8.84. The number of nitrogens with zero attached hydrogens (tertiary/aromatic N) is 1. The highest BCUT2D eigenvalue weighted by atomic mass is 32.2. The molecule has 1 N–H and O–H groups in total. The van der Waals surface area contributed by atoms with Crippen LogP contribution >= 0.6 is 0 Å². The average Bonchev–Trinajstić information content (AvgIpc) is 3.04. The first-order chi connectivity index (χ1) is 14.7. The third-order valence-corrected chi connectivity index (χ3v) is 6.75. The molecule has 166 valence electrons. The minimum absolute atomic E-state index is 0.0886. The van der Waals surface area contributed by atoms with Gasteiger partial charge in [0.05, 0.1) is 38.4 Å². The fraction of sp³-hybridized carbons (Fsp3) is 0.333. The summed E-state index contributed by atoms with van der Waals surface area (Å²) in [5.74, 6) is 0.172. The molecule has 2 aromatic rings. The van der Waals surface area contributed by atoms with Gasteiger partial charge in [-0.05, 0) is 23.8 Å². The van der Waals surface area contributed by atoms with Gasteiger partial charge in [-0.15, -0.1) is 0 Å². The van der Waals surface area contributed by atoms with Crippen molar-refractivity contribution in [2.24, 2.45) is 0 Å². The van der Waals surface area contributed by atoms with E-state index in [-0.39, 0.29) is 29.4 Å². The topological polar surface area (TPSA) is 111 Å². The summed E-state index contributed by atoms with van der Waals surface area (Å²) in [6.07, 6.45) is -0.0777. The van der Waals surface area contributed by atoms with Crippen molar-refractivity contribution in [1.82, 2.24) is 0 Å². The average molecular weight is 448 g/mol. The Hall–Kier alpha value is -3.27. The minimum atomic E-state index is -3.70. The molecule has 9 nitrogen and oxygen atoms in total. The van der Waals surface area contributed by atoms with E-state index in [9.17, 15) is 18.0 Å². The lowest BCUT2D eigenvalue weighted by Crippen LogP contribution is -2.20. The van der Waals surface area contributed by atoms with E-state index in [1.165, 1.54) is 38.4 Å². The van der Waals surface area contributed by atoms with Crippen LogP contribution in [0, 0.1) is 0 Å². The standard InChI is InChI=1S/C21H24N2O7S/c1-23-16-6-5-15(9-13(16)10-20(23)25)31(26,27)8-7-19(24)22-14-11-17(28-2)21(30-4)18(12-14)29-3/h5-6,9,11-12H,7-8,10H2,1-4H3,(H,22,24). The van der Waals surface area contributed by atoms with Crippen LogP contribution in [0.4, 0.5) is 11.4 Å². The molecule has 0 aromatic heterocycles. The van der Waals surface area contributed by atoms with Crippen LogP contribution in [-0.4, -0.2) is 54.4 Å². The molecule has 2 amide bonds. The number of nitrogens with one attached hydrogen (secondary N) is 1. The van der Waals surface area contributed by atoms with E-state index in [1.54, 1.807) is 25.2 Å². The van der Waals surface area contributed by atoms with Gasteiger partial charge in [0.15, 0.2) is 21.3 Å². The number of carbonyl (C=O) groups is 2. The van der Waals surface area contributed by atoms with Crippen LogP contribution < -0.4 is 24.4 Å². The smallest absolute Gasteiger partial charge is 0.231 e. The van der Waals surface area contributed by atoms with Crippen molar-refractivity contribution in [2.45, 2.75) is 17.7 Å². The number of anilines is 2. The van der Waals surface area contributed by atoms with Crippen LogP contribution in [0.15, 0.2) is 35.2 Å². The normalized spacial score (nSPS) is 13.0. The monoisotopic (exact) mass is 448 g/mol. The maximum absolute atomic E-state index is 12.7. The highest BCUT2D eigenvalue weighted by Gasteiger charge is 2.26. The predicted molar refractivity (Wildman–Crippen MR) is 115 cm³/mol. The maximum atomic E-state index is 12.7. The maximum Gasteiger partial charge on any atom is 0.231 e. The SMILES string of the molecule is COc1cc(NC(=O)CCS(=O)(=O)c2ccc3c(c2)CC(=O)N3C)cc(OC)c1OC. The van der Waals surface area contributed by atoms with Gasteiger partial charge in [-0.25, -0.2) is 8.42 Å². The molecular formula is C21H24N2O7S. The molecule has 0 saturated carbocycles. The lowest BCUT2D eigenvalue weighted by molar-refractivity contribution is -0.117. The van der Waals surface area contributed by atoms with Gasteiger partial charge in [-0.1, -0.05) is 0 Å². The summed E-state index contributed by atoms with van der Waals surface area (Å²) < 4.78 is 41.1. The van der Waals surface area contributed by atoms with Crippen molar-refractivity contribution in [3.8, 4) is 17.2 Å². The van der Waals surface area contributed by atoms with Crippen molar-refractivity contribution in [3.05, 3.63) is 35.9 Å². The van der Waals surface area contributed by atoms with Crippen molar-refractivity contribution >= 4 is 33.0 Å². The van der Waals surface area contributed by atoms with E-state index in [4.69, 9.17) is 14.2 Å². The van der Waals surface area contributed by atoms with Crippen molar-refractivity contribution in [1.29, 1.82) is 0 Å². The number of fused-ring (bicyclic) bond motifs is 1. The molecule has 0 spiro atoms. The molecule has 0 bridgehead atoms. The van der Waals surface area contributed by atoms with E-state index in [0.717, 1.165) is 0 Å². The number of methoxy groups -OCH3 is 3. The Morgan fingerprint density at radius 3 is 2.29 bits per heavy atom. The van der Waals surface area contributed by atoms with Crippen LogP contribution in [0.25, 0.3) is 0 Å². The van der Waals surface area contributed by atoms with Gasteiger partial charge in [-0.2, -0.15) is 0 Å². The number of likely N-dealkylation sites (N-methyl/N-ethyl adjacent to an activating group) is 1. The van der Waals surface area contributed by atoms with Gasteiger partial charge >= 0.3 is 0 Å². The highest BCUT2D eigenvalue weighted by molar-refractivity contribution is 7.91. The summed E-state index contributed by atoms with van der Waals surface area (Å²) in [5.41, 5.74) is 1.75. The number of hydrogen-bond acceptors (Lipinski definition) is 7.